The van der Waals surface area contributed by atoms with Crippen molar-refractivity contribution in [2.45, 2.75) is 33.6 Å². The van der Waals surface area contributed by atoms with Crippen LogP contribution < -0.4 is 4.90 Å². The lowest BCUT2D eigenvalue weighted by atomic mass is 10.1. The Morgan fingerprint density at radius 1 is 1.06 bits per heavy atom. The number of rotatable bonds is 4. The second-order valence-electron chi connectivity index (χ2n) is 8.64. The molecule has 9 nitrogen and oxygen atoms in total. The fraction of sp³-hybridized carbons (Fsp3) is 0.375. The predicted molar refractivity (Wildman–Crippen MR) is 123 cm³/mol. The van der Waals surface area contributed by atoms with Crippen molar-refractivity contribution < 1.29 is 13.7 Å². The Morgan fingerprint density at radius 3 is 2.55 bits per heavy atom. The number of aryl methyl sites for hydroxylation is 2. The van der Waals surface area contributed by atoms with Gasteiger partial charge in [-0.1, -0.05) is 19.0 Å². The number of fused-ring (bicyclic) bond motifs is 1. The van der Waals surface area contributed by atoms with Gasteiger partial charge in [-0.05, 0) is 32.0 Å². The summed E-state index contributed by atoms with van der Waals surface area (Å²) in [5.41, 5.74) is 3.00. The summed E-state index contributed by atoms with van der Waals surface area (Å²) < 4.78 is 10.9. The Labute approximate surface area is 191 Å². The van der Waals surface area contributed by atoms with Crippen LogP contribution in [0.25, 0.3) is 22.6 Å². The van der Waals surface area contributed by atoms with Crippen molar-refractivity contribution in [2.75, 3.05) is 31.1 Å². The highest BCUT2D eigenvalue weighted by Gasteiger charge is 2.27. The number of nitrogens with zero attached hydrogens (tertiary/aromatic N) is 6. The molecule has 1 aliphatic rings. The van der Waals surface area contributed by atoms with Gasteiger partial charge in [-0.2, -0.15) is 0 Å². The van der Waals surface area contributed by atoms with E-state index in [1.807, 2.05) is 24.8 Å². The number of anilines is 1. The summed E-state index contributed by atoms with van der Waals surface area (Å²) in [6.07, 6.45) is 1.58. The van der Waals surface area contributed by atoms with Crippen LogP contribution in [0.2, 0.25) is 0 Å². The fourth-order valence-electron chi connectivity index (χ4n) is 4.12. The van der Waals surface area contributed by atoms with Gasteiger partial charge in [0.25, 0.3) is 11.6 Å². The first-order chi connectivity index (χ1) is 15.9. The van der Waals surface area contributed by atoms with Gasteiger partial charge in [0.15, 0.2) is 5.76 Å². The van der Waals surface area contributed by atoms with Gasteiger partial charge in [-0.15, -0.1) is 0 Å². The summed E-state index contributed by atoms with van der Waals surface area (Å²) in [5.74, 6) is 2.53. The van der Waals surface area contributed by atoms with Crippen LogP contribution >= 0.6 is 0 Å². The fourth-order valence-corrected chi connectivity index (χ4v) is 4.12. The SMILES string of the molecule is Cc1cc(N2CCN(C(=O)c3cc(-c4ccco4)nc4onc(C)c34)CC2)nc(C(C)C)n1. The minimum absolute atomic E-state index is 0.0668. The molecule has 9 heteroatoms. The summed E-state index contributed by atoms with van der Waals surface area (Å²) in [6.45, 7) is 10.6. The van der Waals surface area contributed by atoms with Crippen LogP contribution in [0.15, 0.2) is 39.5 Å². The predicted octanol–water partition coefficient (Wildman–Crippen LogP) is 3.98. The molecule has 0 spiro atoms. The molecule has 170 valence electrons. The molecule has 1 saturated heterocycles. The second-order valence-corrected chi connectivity index (χ2v) is 8.64. The molecule has 0 radical (unpaired) electrons. The Hall–Kier alpha value is -3.75. The van der Waals surface area contributed by atoms with Crippen LogP contribution in [0.3, 0.4) is 0 Å². The van der Waals surface area contributed by atoms with Crippen molar-refractivity contribution in [2.24, 2.45) is 0 Å². The van der Waals surface area contributed by atoms with E-state index in [1.165, 1.54) is 0 Å². The molecule has 1 amide bonds. The first kappa shape index (κ1) is 21.1. The van der Waals surface area contributed by atoms with Crippen LogP contribution in [0.5, 0.6) is 0 Å². The standard InChI is InChI=1S/C24H26N6O3/c1-14(2)22-25-15(3)12-20(27-22)29-7-9-30(10-8-29)24(31)17-13-18(19-6-5-11-32-19)26-23-21(17)16(4)28-33-23/h5-6,11-14H,7-10H2,1-4H3. The lowest BCUT2D eigenvalue weighted by molar-refractivity contribution is 0.0748. The Morgan fingerprint density at radius 2 is 1.85 bits per heavy atom. The maximum Gasteiger partial charge on any atom is 0.259 e. The smallest absolute Gasteiger partial charge is 0.259 e. The third-order valence-corrected chi connectivity index (χ3v) is 5.89. The van der Waals surface area contributed by atoms with Crippen LogP contribution in [-0.4, -0.2) is 57.1 Å². The third-order valence-electron chi connectivity index (χ3n) is 5.89. The number of amides is 1. The molecule has 33 heavy (non-hydrogen) atoms. The van der Waals surface area contributed by atoms with Crippen LogP contribution in [0, 0.1) is 13.8 Å². The summed E-state index contributed by atoms with van der Waals surface area (Å²) in [5, 5.41) is 4.67. The van der Waals surface area contributed by atoms with Gasteiger partial charge < -0.3 is 18.7 Å². The molecular weight excluding hydrogens is 420 g/mol. The molecule has 5 heterocycles. The number of carbonyl (C=O) groups excluding carboxylic acids is 1. The zero-order valence-electron chi connectivity index (χ0n) is 19.2. The minimum Gasteiger partial charge on any atom is -0.463 e. The lowest BCUT2D eigenvalue weighted by Gasteiger charge is -2.35. The number of furan rings is 1. The number of carbonyl (C=O) groups is 1. The van der Waals surface area contributed by atoms with Crippen molar-refractivity contribution in [3.63, 3.8) is 0 Å². The molecule has 4 aromatic rings. The van der Waals surface area contributed by atoms with Gasteiger partial charge in [0.05, 0.1) is 22.9 Å². The van der Waals surface area contributed by atoms with Crippen LogP contribution in [0.4, 0.5) is 5.82 Å². The van der Waals surface area contributed by atoms with E-state index in [2.05, 4.69) is 33.9 Å². The van der Waals surface area contributed by atoms with E-state index in [-0.39, 0.29) is 11.8 Å². The van der Waals surface area contributed by atoms with E-state index >= 15 is 0 Å². The quantitative estimate of drug-likeness (QED) is 0.464. The van der Waals surface area contributed by atoms with E-state index in [9.17, 15) is 4.79 Å². The van der Waals surface area contributed by atoms with E-state index in [1.54, 1.807) is 24.5 Å². The molecule has 0 unspecified atom stereocenters. The maximum absolute atomic E-state index is 13.6. The monoisotopic (exact) mass is 446 g/mol. The Balaban J connectivity index is 1.40. The third kappa shape index (κ3) is 3.94. The molecule has 0 N–H and O–H groups in total. The van der Waals surface area contributed by atoms with Crippen molar-refractivity contribution in [1.82, 2.24) is 25.0 Å². The van der Waals surface area contributed by atoms with Crippen molar-refractivity contribution >= 4 is 22.8 Å². The highest BCUT2D eigenvalue weighted by molar-refractivity contribution is 6.07. The van der Waals surface area contributed by atoms with Gasteiger partial charge in [0, 0.05) is 43.9 Å². The van der Waals surface area contributed by atoms with Gasteiger partial charge in [-0.25, -0.2) is 15.0 Å². The average molecular weight is 447 g/mol. The van der Waals surface area contributed by atoms with Gasteiger partial charge >= 0.3 is 0 Å². The summed E-state index contributed by atoms with van der Waals surface area (Å²) in [7, 11) is 0. The van der Waals surface area contributed by atoms with E-state index in [0.29, 0.717) is 60.0 Å². The number of aromatic nitrogens is 4. The molecule has 0 bridgehead atoms. The summed E-state index contributed by atoms with van der Waals surface area (Å²) in [4.78, 5) is 31.4. The minimum atomic E-state index is -0.0668. The average Bonchev–Trinajstić information content (AvgIpc) is 3.48. The van der Waals surface area contributed by atoms with Gasteiger partial charge in [-0.3, -0.25) is 4.79 Å². The lowest BCUT2D eigenvalue weighted by Crippen LogP contribution is -2.49. The molecule has 1 aliphatic heterocycles. The van der Waals surface area contributed by atoms with Crippen LogP contribution in [0.1, 0.15) is 47.3 Å². The van der Waals surface area contributed by atoms with Crippen molar-refractivity contribution in [1.29, 1.82) is 0 Å². The molecule has 0 atom stereocenters. The first-order valence-electron chi connectivity index (χ1n) is 11.1. The molecule has 1 fully saturated rings. The van der Waals surface area contributed by atoms with Gasteiger partial charge in [0.2, 0.25) is 0 Å². The number of pyridine rings is 1. The second kappa shape index (κ2) is 8.31. The van der Waals surface area contributed by atoms with Crippen molar-refractivity contribution in [3.8, 4) is 11.5 Å². The molecule has 5 rings (SSSR count). The zero-order valence-corrected chi connectivity index (χ0v) is 19.2. The van der Waals surface area contributed by atoms with Gasteiger partial charge in [0.1, 0.15) is 17.3 Å². The molecule has 0 aromatic carbocycles. The highest BCUT2D eigenvalue weighted by atomic mass is 16.5. The largest absolute Gasteiger partial charge is 0.463 e. The zero-order chi connectivity index (χ0) is 23.1. The van der Waals surface area contributed by atoms with Crippen LogP contribution in [-0.2, 0) is 0 Å². The normalized spacial score (nSPS) is 14.5. The number of hydrogen-bond acceptors (Lipinski definition) is 8. The molecule has 0 aliphatic carbocycles. The first-order valence-corrected chi connectivity index (χ1v) is 11.1. The summed E-state index contributed by atoms with van der Waals surface area (Å²) >= 11 is 0. The maximum atomic E-state index is 13.6. The number of hydrogen-bond donors (Lipinski definition) is 0. The Bertz CT molecular complexity index is 1300. The summed E-state index contributed by atoms with van der Waals surface area (Å²) in [6, 6.07) is 7.36. The number of piperazine rings is 1. The highest BCUT2D eigenvalue weighted by Crippen LogP contribution is 2.29. The van der Waals surface area contributed by atoms with E-state index in [0.717, 1.165) is 17.3 Å². The molecular formula is C24H26N6O3. The van der Waals surface area contributed by atoms with E-state index < -0.39 is 0 Å². The molecule has 4 aromatic heterocycles. The topological polar surface area (TPSA) is 101 Å². The Kier molecular flexibility index (Phi) is 5.32. The van der Waals surface area contributed by atoms with Crippen molar-refractivity contribution in [3.05, 3.63) is 53.3 Å². The van der Waals surface area contributed by atoms with E-state index in [4.69, 9.17) is 13.9 Å². The molecule has 0 saturated carbocycles.